The normalized spacial score (nSPS) is 15.9. The summed E-state index contributed by atoms with van der Waals surface area (Å²) in [6.07, 6.45) is 1.82. The number of carbonyl (C=O) groups is 1. The summed E-state index contributed by atoms with van der Waals surface area (Å²) in [6.45, 7) is 10.1. The van der Waals surface area contributed by atoms with Crippen LogP contribution in [0.25, 0.3) is 11.1 Å². The minimum atomic E-state index is -0.464. The van der Waals surface area contributed by atoms with Crippen LogP contribution in [-0.4, -0.2) is 47.8 Å². The van der Waals surface area contributed by atoms with Crippen LogP contribution in [-0.2, 0) is 18.0 Å². The third-order valence-corrected chi connectivity index (χ3v) is 8.35. The number of piperidine rings is 1. The summed E-state index contributed by atoms with van der Waals surface area (Å²) in [5.41, 5.74) is 5.14. The molecule has 3 aromatic carbocycles. The number of nitrogens with zero attached hydrogens (tertiary/aromatic N) is 3. The first-order valence-corrected chi connectivity index (χ1v) is 15.4. The largest absolute Gasteiger partial charge is 0.473 e. The molecule has 0 unspecified atom stereocenters. The van der Waals surface area contributed by atoms with Gasteiger partial charge in [0.15, 0.2) is 0 Å². The highest BCUT2D eigenvalue weighted by Gasteiger charge is 2.46. The molecule has 2 saturated heterocycles. The van der Waals surface area contributed by atoms with E-state index in [1.165, 1.54) is 5.69 Å². The van der Waals surface area contributed by atoms with Crippen molar-refractivity contribution in [3.8, 4) is 22.9 Å². The SMILES string of the molecule is CC(C)(C)OC(=O)N1CCC2(CC1)CN(c1ccc(-c3ccc(OCc4ccccc4)nc3OCc3ccccc3)cc1)C2. The van der Waals surface area contributed by atoms with Crippen molar-refractivity contribution in [2.75, 3.05) is 31.1 Å². The molecule has 228 valence electrons. The summed E-state index contributed by atoms with van der Waals surface area (Å²) >= 11 is 0. The molecule has 0 aliphatic carbocycles. The Morgan fingerprint density at radius 2 is 1.36 bits per heavy atom. The molecule has 1 aromatic heterocycles. The molecule has 2 fully saturated rings. The third-order valence-electron chi connectivity index (χ3n) is 8.35. The van der Waals surface area contributed by atoms with E-state index < -0.39 is 5.60 Å². The fourth-order valence-corrected chi connectivity index (χ4v) is 5.90. The van der Waals surface area contributed by atoms with Gasteiger partial charge in [-0.15, -0.1) is 0 Å². The molecular weight excluding hydrogens is 550 g/mol. The van der Waals surface area contributed by atoms with Gasteiger partial charge < -0.3 is 24.0 Å². The molecule has 7 nitrogen and oxygen atoms in total. The molecule has 1 spiro atoms. The van der Waals surface area contributed by atoms with Crippen molar-refractivity contribution in [3.05, 3.63) is 108 Å². The van der Waals surface area contributed by atoms with Gasteiger partial charge in [-0.05, 0) is 68.5 Å². The maximum atomic E-state index is 12.5. The first-order valence-electron chi connectivity index (χ1n) is 15.4. The predicted molar refractivity (Wildman–Crippen MR) is 173 cm³/mol. The summed E-state index contributed by atoms with van der Waals surface area (Å²) in [4.78, 5) is 21.5. The molecule has 6 rings (SSSR count). The molecule has 0 bridgehead atoms. The molecule has 0 N–H and O–H groups in total. The molecule has 1 amide bonds. The first-order chi connectivity index (χ1) is 21.3. The number of likely N-dealkylation sites (tertiary alicyclic amines) is 1. The highest BCUT2D eigenvalue weighted by Crippen LogP contribution is 2.43. The zero-order valence-corrected chi connectivity index (χ0v) is 25.9. The van der Waals surface area contributed by atoms with E-state index in [-0.39, 0.29) is 11.5 Å². The van der Waals surface area contributed by atoms with Crippen molar-refractivity contribution < 1.29 is 19.0 Å². The van der Waals surface area contributed by atoms with Crippen LogP contribution >= 0.6 is 0 Å². The second-order valence-corrected chi connectivity index (χ2v) is 12.9. The Hall–Kier alpha value is -4.52. The van der Waals surface area contributed by atoms with E-state index in [1.54, 1.807) is 0 Å². The van der Waals surface area contributed by atoms with E-state index in [4.69, 9.17) is 19.2 Å². The van der Waals surface area contributed by atoms with Crippen molar-refractivity contribution in [3.63, 3.8) is 0 Å². The molecule has 4 aromatic rings. The average Bonchev–Trinajstić information content (AvgIpc) is 3.02. The van der Waals surface area contributed by atoms with Gasteiger partial charge >= 0.3 is 6.09 Å². The first kappa shape index (κ1) is 29.5. The van der Waals surface area contributed by atoms with Gasteiger partial charge in [0.1, 0.15) is 18.8 Å². The van der Waals surface area contributed by atoms with E-state index in [1.807, 2.05) is 98.5 Å². The van der Waals surface area contributed by atoms with Crippen LogP contribution < -0.4 is 14.4 Å². The van der Waals surface area contributed by atoms with Gasteiger partial charge in [0.05, 0.1) is 0 Å². The van der Waals surface area contributed by atoms with Crippen LogP contribution in [0, 0.1) is 5.41 Å². The lowest BCUT2D eigenvalue weighted by molar-refractivity contribution is 0.00598. The zero-order chi connectivity index (χ0) is 30.6. The Bertz CT molecular complexity index is 1540. The van der Waals surface area contributed by atoms with Gasteiger partial charge in [-0.1, -0.05) is 72.8 Å². The Morgan fingerprint density at radius 3 is 1.95 bits per heavy atom. The number of benzene rings is 3. The van der Waals surface area contributed by atoms with Gasteiger partial charge in [-0.2, -0.15) is 4.98 Å². The van der Waals surface area contributed by atoms with E-state index in [0.717, 1.165) is 61.3 Å². The van der Waals surface area contributed by atoms with Crippen molar-refractivity contribution in [2.45, 2.75) is 52.4 Å². The van der Waals surface area contributed by atoms with Crippen LogP contribution in [0.2, 0.25) is 0 Å². The van der Waals surface area contributed by atoms with Gasteiger partial charge in [-0.25, -0.2) is 4.79 Å². The molecule has 3 heterocycles. The number of carbonyl (C=O) groups excluding carboxylic acids is 1. The maximum Gasteiger partial charge on any atom is 0.410 e. The summed E-state index contributed by atoms with van der Waals surface area (Å²) in [5.74, 6) is 1.08. The monoisotopic (exact) mass is 591 g/mol. The third kappa shape index (κ3) is 7.16. The molecule has 7 heteroatoms. The number of aromatic nitrogens is 1. The topological polar surface area (TPSA) is 64.1 Å². The minimum absolute atomic E-state index is 0.198. The van der Waals surface area contributed by atoms with Gasteiger partial charge in [0.25, 0.3) is 0 Å². The number of hydrogen-bond acceptors (Lipinski definition) is 6. The average molecular weight is 592 g/mol. The lowest BCUT2D eigenvalue weighted by Crippen LogP contribution is -2.61. The van der Waals surface area contributed by atoms with Crippen LogP contribution in [0.1, 0.15) is 44.7 Å². The fraction of sp³-hybridized carbons (Fsp3) is 0.351. The van der Waals surface area contributed by atoms with Crippen LogP contribution in [0.4, 0.5) is 10.5 Å². The molecule has 0 radical (unpaired) electrons. The van der Waals surface area contributed by atoms with E-state index in [2.05, 4.69) is 29.2 Å². The molecule has 44 heavy (non-hydrogen) atoms. The Morgan fingerprint density at radius 1 is 0.773 bits per heavy atom. The number of ether oxygens (including phenoxy) is 3. The fourth-order valence-electron chi connectivity index (χ4n) is 5.90. The van der Waals surface area contributed by atoms with Gasteiger partial charge in [-0.3, -0.25) is 0 Å². The Balaban J connectivity index is 1.11. The predicted octanol–water partition coefficient (Wildman–Crippen LogP) is 7.74. The Labute approximate surface area is 260 Å². The summed E-state index contributed by atoms with van der Waals surface area (Å²) in [5, 5.41) is 0. The van der Waals surface area contributed by atoms with Crippen molar-refractivity contribution in [1.29, 1.82) is 0 Å². The minimum Gasteiger partial charge on any atom is -0.473 e. The molecule has 0 atom stereocenters. The van der Waals surface area contributed by atoms with Crippen molar-refractivity contribution in [1.82, 2.24) is 9.88 Å². The summed E-state index contributed by atoms with van der Waals surface area (Å²) in [6, 6.07) is 32.8. The second-order valence-electron chi connectivity index (χ2n) is 12.9. The van der Waals surface area contributed by atoms with E-state index in [9.17, 15) is 4.79 Å². The molecule has 2 aliphatic heterocycles. The molecule has 0 saturated carbocycles. The number of pyridine rings is 1. The molecule has 2 aliphatic rings. The van der Waals surface area contributed by atoms with Crippen molar-refractivity contribution >= 4 is 11.8 Å². The summed E-state index contributed by atoms with van der Waals surface area (Å²) < 4.78 is 17.9. The number of rotatable bonds is 8. The lowest BCUT2D eigenvalue weighted by atomic mass is 9.72. The van der Waals surface area contributed by atoms with Crippen LogP contribution in [0.5, 0.6) is 11.8 Å². The standard InChI is InChI=1S/C37H41N3O4/c1-36(2,3)44-35(41)39-22-20-37(21-23-39)26-40(27-37)31-16-14-30(15-17-31)32-18-19-33(42-24-28-10-6-4-7-11-28)38-34(32)43-25-29-12-8-5-9-13-29/h4-19H,20-27H2,1-3H3. The van der Waals surface area contributed by atoms with Crippen LogP contribution in [0.15, 0.2) is 97.1 Å². The van der Waals surface area contributed by atoms with E-state index in [0.29, 0.717) is 25.0 Å². The number of anilines is 1. The van der Waals surface area contributed by atoms with Crippen molar-refractivity contribution in [2.24, 2.45) is 5.41 Å². The lowest BCUT2D eigenvalue weighted by Gasteiger charge is -2.55. The van der Waals surface area contributed by atoms with Gasteiger partial charge in [0, 0.05) is 48.9 Å². The quantitative estimate of drug-likeness (QED) is 0.209. The van der Waals surface area contributed by atoms with E-state index >= 15 is 0 Å². The zero-order valence-electron chi connectivity index (χ0n) is 25.9. The Kier molecular flexibility index (Phi) is 8.47. The number of amides is 1. The maximum absolute atomic E-state index is 12.5. The summed E-state index contributed by atoms with van der Waals surface area (Å²) in [7, 11) is 0. The molecular formula is C37H41N3O4. The van der Waals surface area contributed by atoms with Crippen LogP contribution in [0.3, 0.4) is 0 Å². The van der Waals surface area contributed by atoms with Gasteiger partial charge in [0.2, 0.25) is 11.8 Å². The highest BCUT2D eigenvalue weighted by molar-refractivity contribution is 5.71. The number of hydrogen-bond donors (Lipinski definition) is 0. The second kappa shape index (κ2) is 12.6. The highest BCUT2D eigenvalue weighted by atomic mass is 16.6. The smallest absolute Gasteiger partial charge is 0.410 e.